The standard InChI is InChI=1S/C14H21NO4S/c1-14(2,3)11-5-7-12(8-6-11)20(17,18)10-9-13(16)15-19-4/h5-8H,9-10H2,1-4H3,(H,15,16). The minimum absolute atomic E-state index is 0.0271. The Morgan fingerprint density at radius 2 is 1.75 bits per heavy atom. The fraction of sp³-hybridized carbons (Fsp3) is 0.500. The van der Waals surface area contributed by atoms with Crippen LogP contribution in [0, 0.1) is 0 Å². The van der Waals surface area contributed by atoms with Crippen molar-refractivity contribution in [1.29, 1.82) is 0 Å². The topological polar surface area (TPSA) is 72.5 Å². The van der Waals surface area contributed by atoms with Crippen molar-refractivity contribution in [2.24, 2.45) is 0 Å². The van der Waals surface area contributed by atoms with Crippen LogP contribution in [0.2, 0.25) is 0 Å². The summed E-state index contributed by atoms with van der Waals surface area (Å²) in [6.07, 6.45) is -0.128. The van der Waals surface area contributed by atoms with E-state index in [9.17, 15) is 13.2 Å². The number of nitrogens with one attached hydrogen (secondary N) is 1. The number of hydroxylamine groups is 1. The summed E-state index contributed by atoms with van der Waals surface area (Å²) in [7, 11) is -2.15. The van der Waals surface area contributed by atoms with Crippen LogP contribution in [0.25, 0.3) is 0 Å². The summed E-state index contributed by atoms with van der Waals surface area (Å²) < 4.78 is 24.2. The van der Waals surface area contributed by atoms with Gasteiger partial charge in [-0.2, -0.15) is 0 Å². The molecule has 5 nitrogen and oxygen atoms in total. The molecule has 0 fully saturated rings. The molecule has 0 atom stereocenters. The Morgan fingerprint density at radius 1 is 1.20 bits per heavy atom. The fourth-order valence-electron chi connectivity index (χ4n) is 1.67. The molecule has 20 heavy (non-hydrogen) atoms. The Balaban J connectivity index is 2.81. The van der Waals surface area contributed by atoms with Gasteiger partial charge in [0.05, 0.1) is 17.8 Å². The molecule has 0 saturated heterocycles. The minimum Gasteiger partial charge on any atom is -0.277 e. The monoisotopic (exact) mass is 299 g/mol. The van der Waals surface area contributed by atoms with Crippen LogP contribution in [0.15, 0.2) is 29.2 Å². The lowest BCUT2D eigenvalue weighted by Crippen LogP contribution is -2.24. The van der Waals surface area contributed by atoms with Gasteiger partial charge in [0, 0.05) is 6.42 Å². The van der Waals surface area contributed by atoms with E-state index in [0.717, 1.165) is 5.56 Å². The molecule has 1 amide bonds. The van der Waals surface area contributed by atoms with E-state index in [-0.39, 0.29) is 22.5 Å². The van der Waals surface area contributed by atoms with Crippen molar-refractivity contribution in [3.05, 3.63) is 29.8 Å². The number of amides is 1. The van der Waals surface area contributed by atoms with Gasteiger partial charge in [-0.15, -0.1) is 0 Å². The van der Waals surface area contributed by atoms with E-state index >= 15 is 0 Å². The number of hydrogen-bond donors (Lipinski definition) is 1. The summed E-state index contributed by atoms with van der Waals surface area (Å²) in [5.41, 5.74) is 3.13. The van der Waals surface area contributed by atoms with Gasteiger partial charge in [-0.05, 0) is 23.1 Å². The number of hydrogen-bond acceptors (Lipinski definition) is 4. The maximum atomic E-state index is 12.1. The molecule has 0 aliphatic carbocycles. The smallest absolute Gasteiger partial charge is 0.244 e. The zero-order valence-corrected chi connectivity index (χ0v) is 13.1. The molecule has 0 spiro atoms. The fourth-order valence-corrected chi connectivity index (χ4v) is 2.91. The Hall–Kier alpha value is -1.40. The van der Waals surface area contributed by atoms with Gasteiger partial charge < -0.3 is 0 Å². The average molecular weight is 299 g/mol. The van der Waals surface area contributed by atoms with Gasteiger partial charge in [-0.1, -0.05) is 32.9 Å². The third kappa shape index (κ3) is 4.61. The first kappa shape index (κ1) is 16.7. The van der Waals surface area contributed by atoms with Gasteiger partial charge in [0.1, 0.15) is 0 Å². The maximum Gasteiger partial charge on any atom is 0.244 e. The van der Waals surface area contributed by atoms with Gasteiger partial charge in [-0.3, -0.25) is 9.63 Å². The quantitative estimate of drug-likeness (QED) is 0.842. The molecular formula is C14H21NO4S. The van der Waals surface area contributed by atoms with Crippen LogP contribution in [0.4, 0.5) is 0 Å². The molecule has 0 heterocycles. The van der Waals surface area contributed by atoms with Crippen molar-refractivity contribution in [2.75, 3.05) is 12.9 Å². The molecule has 0 aliphatic rings. The highest BCUT2D eigenvalue weighted by Gasteiger charge is 2.18. The second-order valence-corrected chi connectivity index (χ2v) is 7.68. The largest absolute Gasteiger partial charge is 0.277 e. The Bertz CT molecular complexity index is 556. The molecule has 0 aliphatic heterocycles. The summed E-state index contributed by atoms with van der Waals surface area (Å²) in [6.45, 7) is 6.18. The SMILES string of the molecule is CONC(=O)CCS(=O)(=O)c1ccc(C(C)(C)C)cc1. The van der Waals surface area contributed by atoms with E-state index in [4.69, 9.17) is 0 Å². The Labute approximate surface area is 120 Å². The predicted molar refractivity (Wildman–Crippen MR) is 77.0 cm³/mol. The highest BCUT2D eigenvalue weighted by atomic mass is 32.2. The highest BCUT2D eigenvalue weighted by Crippen LogP contribution is 2.23. The normalized spacial score (nSPS) is 12.2. The number of benzene rings is 1. The van der Waals surface area contributed by atoms with Crippen molar-refractivity contribution in [3.63, 3.8) is 0 Å². The van der Waals surface area contributed by atoms with Crippen molar-refractivity contribution in [2.45, 2.75) is 37.5 Å². The van der Waals surface area contributed by atoms with E-state index in [2.05, 4.69) is 31.1 Å². The zero-order valence-electron chi connectivity index (χ0n) is 12.3. The molecule has 1 aromatic carbocycles. The van der Waals surface area contributed by atoms with E-state index in [1.165, 1.54) is 7.11 Å². The molecule has 0 radical (unpaired) electrons. The third-order valence-corrected chi connectivity index (χ3v) is 4.63. The zero-order chi connectivity index (χ0) is 15.4. The summed E-state index contributed by atoms with van der Waals surface area (Å²) in [5, 5.41) is 0. The lowest BCUT2D eigenvalue weighted by atomic mass is 9.87. The number of carbonyl (C=O) groups is 1. The first-order chi connectivity index (χ1) is 9.16. The van der Waals surface area contributed by atoms with Gasteiger partial charge in [0.25, 0.3) is 0 Å². The lowest BCUT2D eigenvalue weighted by Gasteiger charge is -2.19. The summed E-state index contributed by atoms with van der Waals surface area (Å²) >= 11 is 0. The first-order valence-corrected chi connectivity index (χ1v) is 7.97. The second kappa shape index (κ2) is 6.37. The van der Waals surface area contributed by atoms with Crippen molar-refractivity contribution in [3.8, 4) is 0 Å². The van der Waals surface area contributed by atoms with Crippen molar-refractivity contribution in [1.82, 2.24) is 5.48 Å². The molecule has 0 bridgehead atoms. The van der Waals surface area contributed by atoms with Crippen molar-refractivity contribution < 1.29 is 18.0 Å². The maximum absolute atomic E-state index is 12.1. The van der Waals surface area contributed by atoms with Crippen LogP contribution in [-0.4, -0.2) is 27.2 Å². The summed E-state index contributed by atoms with van der Waals surface area (Å²) in [5.74, 6) is -0.695. The van der Waals surface area contributed by atoms with Crippen LogP contribution >= 0.6 is 0 Å². The molecule has 0 unspecified atom stereocenters. The van der Waals surface area contributed by atoms with E-state index in [1.807, 2.05) is 12.1 Å². The number of carbonyl (C=O) groups excluding carboxylic acids is 1. The summed E-state index contributed by atoms with van der Waals surface area (Å²) in [4.78, 5) is 15.9. The van der Waals surface area contributed by atoms with Gasteiger partial charge in [0.2, 0.25) is 5.91 Å². The van der Waals surface area contributed by atoms with Crippen LogP contribution in [-0.2, 0) is 24.9 Å². The molecule has 1 aromatic rings. The molecule has 6 heteroatoms. The van der Waals surface area contributed by atoms with E-state index in [1.54, 1.807) is 12.1 Å². The van der Waals surface area contributed by atoms with Crippen LogP contribution < -0.4 is 5.48 Å². The van der Waals surface area contributed by atoms with Crippen LogP contribution in [0.1, 0.15) is 32.8 Å². The lowest BCUT2D eigenvalue weighted by molar-refractivity contribution is -0.130. The van der Waals surface area contributed by atoms with Crippen LogP contribution in [0.3, 0.4) is 0 Å². The molecule has 112 valence electrons. The second-order valence-electron chi connectivity index (χ2n) is 5.57. The molecular weight excluding hydrogens is 278 g/mol. The molecule has 1 N–H and O–H groups in total. The van der Waals surface area contributed by atoms with Gasteiger partial charge >= 0.3 is 0 Å². The van der Waals surface area contributed by atoms with E-state index < -0.39 is 15.7 Å². The summed E-state index contributed by atoms with van der Waals surface area (Å²) in [6, 6.07) is 6.79. The number of sulfone groups is 1. The Kier molecular flexibility index (Phi) is 5.30. The average Bonchev–Trinajstić information content (AvgIpc) is 2.36. The van der Waals surface area contributed by atoms with Crippen molar-refractivity contribution >= 4 is 15.7 Å². The highest BCUT2D eigenvalue weighted by molar-refractivity contribution is 7.91. The predicted octanol–water partition coefficient (Wildman–Crippen LogP) is 1.83. The minimum atomic E-state index is -3.45. The van der Waals surface area contributed by atoms with Gasteiger partial charge in [0.15, 0.2) is 9.84 Å². The van der Waals surface area contributed by atoms with Crippen LogP contribution in [0.5, 0.6) is 0 Å². The van der Waals surface area contributed by atoms with E-state index in [0.29, 0.717) is 0 Å². The molecule has 1 rings (SSSR count). The first-order valence-electron chi connectivity index (χ1n) is 6.32. The molecule has 0 saturated carbocycles. The molecule has 0 aromatic heterocycles. The number of rotatable bonds is 5. The third-order valence-electron chi connectivity index (χ3n) is 2.89. The Morgan fingerprint density at radius 3 is 2.20 bits per heavy atom. The van der Waals surface area contributed by atoms with Gasteiger partial charge in [-0.25, -0.2) is 13.9 Å².